The number of nitrogens with two attached hydrogens (primary N) is 1. The number of anilines is 1. The fraction of sp³-hybridized carbons (Fsp3) is 0.500. The van der Waals surface area contributed by atoms with E-state index in [1.54, 1.807) is 6.20 Å². The van der Waals surface area contributed by atoms with Gasteiger partial charge in [0, 0.05) is 17.3 Å². The van der Waals surface area contributed by atoms with E-state index in [0.717, 1.165) is 22.7 Å². The van der Waals surface area contributed by atoms with E-state index in [2.05, 4.69) is 35.1 Å². The predicted molar refractivity (Wildman–Crippen MR) is 65.6 cm³/mol. The summed E-state index contributed by atoms with van der Waals surface area (Å²) in [4.78, 5) is 8.81. The van der Waals surface area contributed by atoms with Crippen LogP contribution in [0.1, 0.15) is 38.0 Å². The van der Waals surface area contributed by atoms with Crippen molar-refractivity contribution in [3.63, 3.8) is 0 Å². The van der Waals surface area contributed by atoms with Gasteiger partial charge in [0.2, 0.25) is 0 Å². The molecule has 2 heterocycles. The summed E-state index contributed by atoms with van der Waals surface area (Å²) in [5, 5.41) is 0. The Balaban J connectivity index is 2.94. The molecule has 0 radical (unpaired) electrons. The van der Waals surface area contributed by atoms with Crippen molar-refractivity contribution in [1.82, 2.24) is 14.4 Å². The Hall–Kier alpha value is -1.58. The summed E-state index contributed by atoms with van der Waals surface area (Å²) in [7, 11) is 0. The molecule has 2 rings (SSSR count). The second kappa shape index (κ2) is 3.20. The highest BCUT2D eigenvalue weighted by Crippen LogP contribution is 2.27. The van der Waals surface area contributed by atoms with Gasteiger partial charge in [-0.3, -0.25) is 4.40 Å². The molecule has 0 aliphatic carbocycles. The van der Waals surface area contributed by atoms with Crippen LogP contribution in [0.15, 0.2) is 6.20 Å². The Bertz CT molecular complexity index is 546. The maximum atomic E-state index is 5.91. The summed E-state index contributed by atoms with van der Waals surface area (Å²) in [6, 6.07) is 0. The molecule has 4 nitrogen and oxygen atoms in total. The summed E-state index contributed by atoms with van der Waals surface area (Å²) in [5.74, 6) is 1.58. The van der Waals surface area contributed by atoms with Gasteiger partial charge in [0.1, 0.15) is 17.2 Å². The summed E-state index contributed by atoms with van der Waals surface area (Å²) in [5.41, 5.74) is 8.85. The molecule has 2 aromatic heterocycles. The van der Waals surface area contributed by atoms with Crippen molar-refractivity contribution in [1.29, 1.82) is 0 Å². The molecule has 2 aromatic rings. The molecule has 86 valence electrons. The molecule has 0 aliphatic rings. The van der Waals surface area contributed by atoms with Crippen LogP contribution in [0.2, 0.25) is 0 Å². The summed E-state index contributed by atoms with van der Waals surface area (Å²) >= 11 is 0. The van der Waals surface area contributed by atoms with Crippen molar-refractivity contribution in [2.24, 2.45) is 0 Å². The molecule has 0 amide bonds. The van der Waals surface area contributed by atoms with Gasteiger partial charge in [0.25, 0.3) is 0 Å². The number of imidazole rings is 1. The van der Waals surface area contributed by atoms with E-state index in [1.165, 1.54) is 0 Å². The Morgan fingerprint density at radius 1 is 1.25 bits per heavy atom. The SMILES string of the molecule is Cc1nc(C(C)(C)C)n2c(C)cnc(N)c12. The van der Waals surface area contributed by atoms with Crippen molar-refractivity contribution in [3.8, 4) is 0 Å². The normalized spacial score (nSPS) is 12.3. The fourth-order valence-corrected chi connectivity index (χ4v) is 1.96. The number of fused-ring (bicyclic) bond motifs is 1. The first-order valence-corrected chi connectivity index (χ1v) is 5.43. The van der Waals surface area contributed by atoms with Crippen molar-refractivity contribution < 1.29 is 0 Å². The second-order valence-corrected chi connectivity index (χ2v) is 5.24. The number of aryl methyl sites for hydroxylation is 2. The zero-order chi connectivity index (χ0) is 12.1. The van der Waals surface area contributed by atoms with Crippen LogP contribution >= 0.6 is 0 Å². The minimum absolute atomic E-state index is 0.00424. The summed E-state index contributed by atoms with van der Waals surface area (Å²) < 4.78 is 2.11. The predicted octanol–water partition coefficient (Wildman–Crippen LogP) is 2.23. The van der Waals surface area contributed by atoms with Crippen LogP contribution in [0.3, 0.4) is 0 Å². The van der Waals surface area contributed by atoms with Crippen LogP contribution in [0, 0.1) is 13.8 Å². The van der Waals surface area contributed by atoms with Crippen molar-refractivity contribution >= 4 is 11.3 Å². The molecule has 4 heteroatoms. The van der Waals surface area contributed by atoms with E-state index in [9.17, 15) is 0 Å². The number of hydrogen-bond acceptors (Lipinski definition) is 3. The lowest BCUT2D eigenvalue weighted by Crippen LogP contribution is -2.17. The second-order valence-electron chi connectivity index (χ2n) is 5.24. The third kappa shape index (κ3) is 1.45. The van der Waals surface area contributed by atoms with Gasteiger partial charge in [-0.1, -0.05) is 20.8 Å². The Labute approximate surface area is 95.5 Å². The molecular weight excluding hydrogens is 200 g/mol. The van der Waals surface area contributed by atoms with Crippen LogP contribution < -0.4 is 5.73 Å². The van der Waals surface area contributed by atoms with Crippen LogP contribution in [0.5, 0.6) is 0 Å². The van der Waals surface area contributed by atoms with E-state index in [0.29, 0.717) is 5.82 Å². The molecule has 0 unspecified atom stereocenters. The Kier molecular flexibility index (Phi) is 2.19. The van der Waals surface area contributed by atoms with Gasteiger partial charge in [0.15, 0.2) is 0 Å². The maximum Gasteiger partial charge on any atom is 0.149 e. The molecular formula is C12H18N4. The number of rotatable bonds is 0. The summed E-state index contributed by atoms with van der Waals surface area (Å²) in [6.07, 6.45) is 1.79. The van der Waals surface area contributed by atoms with Crippen LogP contribution in [0.25, 0.3) is 5.52 Å². The zero-order valence-electron chi connectivity index (χ0n) is 10.5. The highest BCUT2D eigenvalue weighted by molar-refractivity contribution is 5.69. The first kappa shape index (κ1) is 10.9. The molecule has 0 aliphatic heterocycles. The average molecular weight is 218 g/mol. The van der Waals surface area contributed by atoms with E-state index < -0.39 is 0 Å². The van der Waals surface area contributed by atoms with Gasteiger partial charge in [-0.05, 0) is 13.8 Å². The number of hydrogen-bond donors (Lipinski definition) is 1. The quantitative estimate of drug-likeness (QED) is 0.737. The van der Waals surface area contributed by atoms with Gasteiger partial charge in [-0.25, -0.2) is 9.97 Å². The lowest BCUT2D eigenvalue weighted by atomic mass is 9.96. The standard InChI is InChI=1S/C12H18N4/c1-7-6-14-10(13)9-8(2)15-11(16(7)9)12(3,4)5/h6H,1-5H3,(H2,13,14). The van der Waals surface area contributed by atoms with E-state index >= 15 is 0 Å². The molecule has 0 spiro atoms. The van der Waals surface area contributed by atoms with E-state index in [4.69, 9.17) is 5.73 Å². The van der Waals surface area contributed by atoms with Crippen LogP contribution in [-0.2, 0) is 5.41 Å². The van der Waals surface area contributed by atoms with Crippen LogP contribution in [0.4, 0.5) is 5.82 Å². The number of nitrogens with zero attached hydrogens (tertiary/aromatic N) is 3. The highest BCUT2D eigenvalue weighted by Gasteiger charge is 2.23. The van der Waals surface area contributed by atoms with E-state index in [1.807, 2.05) is 13.8 Å². The van der Waals surface area contributed by atoms with Crippen molar-refractivity contribution in [3.05, 3.63) is 23.4 Å². The monoisotopic (exact) mass is 218 g/mol. The highest BCUT2D eigenvalue weighted by atomic mass is 15.1. The zero-order valence-corrected chi connectivity index (χ0v) is 10.5. The minimum Gasteiger partial charge on any atom is -0.382 e. The topological polar surface area (TPSA) is 56.2 Å². The summed E-state index contributed by atoms with van der Waals surface area (Å²) in [6.45, 7) is 10.4. The third-order valence-corrected chi connectivity index (χ3v) is 2.71. The largest absolute Gasteiger partial charge is 0.382 e. The van der Waals surface area contributed by atoms with E-state index in [-0.39, 0.29) is 5.41 Å². The smallest absolute Gasteiger partial charge is 0.149 e. The molecule has 2 N–H and O–H groups in total. The third-order valence-electron chi connectivity index (χ3n) is 2.71. The lowest BCUT2D eigenvalue weighted by Gasteiger charge is -2.18. The molecule has 0 saturated carbocycles. The Morgan fingerprint density at radius 3 is 2.44 bits per heavy atom. The van der Waals surface area contributed by atoms with Gasteiger partial charge >= 0.3 is 0 Å². The first-order valence-electron chi connectivity index (χ1n) is 5.43. The molecule has 0 atom stereocenters. The number of nitrogen functional groups attached to an aromatic ring is 1. The average Bonchev–Trinajstić information content (AvgIpc) is 2.51. The van der Waals surface area contributed by atoms with Gasteiger partial charge < -0.3 is 5.73 Å². The minimum atomic E-state index is -0.00424. The number of aromatic nitrogens is 3. The van der Waals surface area contributed by atoms with Crippen LogP contribution in [-0.4, -0.2) is 14.4 Å². The van der Waals surface area contributed by atoms with Gasteiger partial charge in [-0.2, -0.15) is 0 Å². The maximum absolute atomic E-state index is 5.91. The fourth-order valence-electron chi connectivity index (χ4n) is 1.96. The van der Waals surface area contributed by atoms with Gasteiger partial charge in [-0.15, -0.1) is 0 Å². The molecule has 0 saturated heterocycles. The molecule has 0 bridgehead atoms. The van der Waals surface area contributed by atoms with Crippen molar-refractivity contribution in [2.45, 2.75) is 40.0 Å². The van der Waals surface area contributed by atoms with Crippen molar-refractivity contribution in [2.75, 3.05) is 5.73 Å². The Morgan fingerprint density at radius 2 is 1.88 bits per heavy atom. The lowest BCUT2D eigenvalue weighted by molar-refractivity contribution is 0.540. The van der Waals surface area contributed by atoms with Gasteiger partial charge in [0.05, 0.1) is 5.69 Å². The molecule has 0 aromatic carbocycles. The first-order chi connectivity index (χ1) is 7.32. The molecule has 0 fully saturated rings. The molecule has 16 heavy (non-hydrogen) atoms.